The SMILES string of the molecule is COC(=O)c1cc(-c2ccc(C3CCN(C(=O)C(F)(F)F)CC3)cc2)cc(-n2cc(-c3ccc(F)cc3)nn2)c1. The number of ether oxygens (including phenoxy) is 1. The Morgan fingerprint density at radius 2 is 1.55 bits per heavy atom. The van der Waals surface area contributed by atoms with Crippen LogP contribution in [0.15, 0.2) is 72.9 Å². The van der Waals surface area contributed by atoms with Crippen LogP contribution >= 0.6 is 0 Å². The van der Waals surface area contributed by atoms with Gasteiger partial charge in [0.25, 0.3) is 0 Å². The molecule has 1 saturated heterocycles. The van der Waals surface area contributed by atoms with Crippen LogP contribution < -0.4 is 0 Å². The second-order valence-electron chi connectivity index (χ2n) is 9.50. The zero-order valence-corrected chi connectivity index (χ0v) is 21.4. The van der Waals surface area contributed by atoms with E-state index in [4.69, 9.17) is 4.74 Å². The second-order valence-corrected chi connectivity index (χ2v) is 9.50. The van der Waals surface area contributed by atoms with E-state index in [-0.39, 0.29) is 24.8 Å². The van der Waals surface area contributed by atoms with E-state index < -0.39 is 18.1 Å². The number of methoxy groups -OCH3 is 1. The van der Waals surface area contributed by atoms with Crippen LogP contribution in [0.5, 0.6) is 0 Å². The van der Waals surface area contributed by atoms with Crippen molar-refractivity contribution in [1.82, 2.24) is 19.9 Å². The average Bonchev–Trinajstić information content (AvgIpc) is 3.47. The quantitative estimate of drug-likeness (QED) is 0.231. The molecule has 206 valence electrons. The van der Waals surface area contributed by atoms with Gasteiger partial charge in [-0.3, -0.25) is 4.79 Å². The number of rotatable bonds is 5. The molecule has 1 aliphatic heterocycles. The molecule has 0 unspecified atom stereocenters. The first-order chi connectivity index (χ1) is 19.1. The van der Waals surface area contributed by atoms with Gasteiger partial charge >= 0.3 is 18.1 Å². The Bertz CT molecular complexity index is 1520. The Hall–Kier alpha value is -4.54. The summed E-state index contributed by atoms with van der Waals surface area (Å²) >= 11 is 0. The maximum Gasteiger partial charge on any atom is 0.471 e. The molecule has 0 N–H and O–H groups in total. The van der Waals surface area contributed by atoms with Crippen molar-refractivity contribution in [2.75, 3.05) is 20.2 Å². The van der Waals surface area contributed by atoms with Crippen molar-refractivity contribution in [3.8, 4) is 28.1 Å². The topological polar surface area (TPSA) is 77.3 Å². The molecule has 4 aromatic rings. The Balaban J connectivity index is 1.38. The monoisotopic (exact) mass is 552 g/mol. The van der Waals surface area contributed by atoms with Gasteiger partial charge in [-0.2, -0.15) is 13.2 Å². The lowest BCUT2D eigenvalue weighted by Gasteiger charge is -2.32. The number of esters is 1. The Morgan fingerprint density at radius 1 is 0.900 bits per heavy atom. The number of alkyl halides is 3. The summed E-state index contributed by atoms with van der Waals surface area (Å²) in [4.78, 5) is 24.8. The maximum atomic E-state index is 13.3. The highest BCUT2D eigenvalue weighted by molar-refractivity contribution is 5.92. The predicted molar refractivity (Wildman–Crippen MR) is 138 cm³/mol. The van der Waals surface area contributed by atoms with Gasteiger partial charge in [-0.05, 0) is 77.9 Å². The molecule has 2 heterocycles. The van der Waals surface area contributed by atoms with Crippen molar-refractivity contribution in [2.45, 2.75) is 24.9 Å². The molecule has 1 fully saturated rings. The fourth-order valence-corrected chi connectivity index (χ4v) is 4.83. The summed E-state index contributed by atoms with van der Waals surface area (Å²) in [5, 5.41) is 8.35. The minimum atomic E-state index is -4.86. The molecule has 40 heavy (non-hydrogen) atoms. The fourth-order valence-electron chi connectivity index (χ4n) is 4.83. The van der Waals surface area contributed by atoms with Crippen LogP contribution in [0.4, 0.5) is 17.6 Å². The molecule has 3 aromatic carbocycles. The van der Waals surface area contributed by atoms with Crippen LogP contribution in [0.25, 0.3) is 28.1 Å². The summed E-state index contributed by atoms with van der Waals surface area (Å²) in [6, 6.07) is 18.6. The molecule has 1 aromatic heterocycles. The van der Waals surface area contributed by atoms with Crippen LogP contribution in [0.1, 0.15) is 34.7 Å². The first-order valence-electron chi connectivity index (χ1n) is 12.5. The molecule has 1 aliphatic rings. The van der Waals surface area contributed by atoms with Crippen LogP contribution in [-0.4, -0.2) is 58.1 Å². The number of hydrogen-bond donors (Lipinski definition) is 0. The molecular formula is C29H24F4N4O3. The number of hydrogen-bond acceptors (Lipinski definition) is 5. The van der Waals surface area contributed by atoms with Crippen LogP contribution in [0.3, 0.4) is 0 Å². The van der Waals surface area contributed by atoms with Gasteiger partial charge in [0.2, 0.25) is 0 Å². The van der Waals surface area contributed by atoms with E-state index in [1.54, 1.807) is 30.5 Å². The van der Waals surface area contributed by atoms with Crippen molar-refractivity contribution >= 4 is 11.9 Å². The van der Waals surface area contributed by atoms with E-state index in [2.05, 4.69) is 10.3 Å². The standard InChI is InChI=1S/C29H24F4N4O3/c1-40-27(38)23-14-22(15-25(16-23)37-17-26(34-35-37)21-6-8-24(30)9-7-21)19-4-2-18(3-5-19)20-10-12-36(13-11-20)28(39)29(31,32)33/h2-9,14-17,20H,10-13H2,1H3. The molecule has 11 heteroatoms. The number of likely N-dealkylation sites (tertiary alicyclic amines) is 1. The van der Waals surface area contributed by atoms with Crippen molar-refractivity contribution in [1.29, 1.82) is 0 Å². The summed E-state index contributed by atoms with van der Waals surface area (Å²) in [7, 11) is 1.29. The van der Waals surface area contributed by atoms with Crippen molar-refractivity contribution in [3.05, 3.63) is 89.9 Å². The summed E-state index contributed by atoms with van der Waals surface area (Å²) in [5.74, 6) is -2.65. The summed E-state index contributed by atoms with van der Waals surface area (Å²) in [6.45, 7) is 0.0974. The smallest absolute Gasteiger partial charge is 0.465 e. The lowest BCUT2D eigenvalue weighted by Crippen LogP contribution is -2.45. The highest BCUT2D eigenvalue weighted by Crippen LogP contribution is 2.32. The van der Waals surface area contributed by atoms with Gasteiger partial charge in [0.05, 0.1) is 24.6 Å². The number of benzene rings is 3. The van der Waals surface area contributed by atoms with E-state index in [9.17, 15) is 27.2 Å². The highest BCUT2D eigenvalue weighted by Gasteiger charge is 2.43. The van der Waals surface area contributed by atoms with Gasteiger partial charge in [0, 0.05) is 18.7 Å². The molecule has 7 nitrogen and oxygen atoms in total. The molecular weight excluding hydrogens is 528 g/mol. The van der Waals surface area contributed by atoms with Gasteiger partial charge in [0.1, 0.15) is 11.5 Å². The third-order valence-corrected chi connectivity index (χ3v) is 6.98. The number of amides is 1. The van der Waals surface area contributed by atoms with Gasteiger partial charge in [-0.15, -0.1) is 5.10 Å². The average molecular weight is 553 g/mol. The third kappa shape index (κ3) is 5.73. The molecule has 5 rings (SSSR count). The minimum absolute atomic E-state index is 0.0309. The number of aromatic nitrogens is 3. The Kier molecular flexibility index (Phi) is 7.38. The largest absolute Gasteiger partial charge is 0.471 e. The molecule has 1 amide bonds. The van der Waals surface area contributed by atoms with E-state index in [1.807, 2.05) is 30.3 Å². The summed E-state index contributed by atoms with van der Waals surface area (Å²) < 4.78 is 58.0. The summed E-state index contributed by atoms with van der Waals surface area (Å²) in [5.41, 5.74) is 4.56. The van der Waals surface area contributed by atoms with Crippen molar-refractivity contribution < 1.29 is 31.9 Å². The lowest BCUT2D eigenvalue weighted by atomic mass is 9.88. The molecule has 0 radical (unpaired) electrons. The van der Waals surface area contributed by atoms with Gasteiger partial charge < -0.3 is 9.64 Å². The zero-order valence-electron chi connectivity index (χ0n) is 21.4. The van der Waals surface area contributed by atoms with Crippen LogP contribution in [0.2, 0.25) is 0 Å². The van der Waals surface area contributed by atoms with E-state index in [1.165, 1.54) is 23.9 Å². The zero-order chi connectivity index (χ0) is 28.4. The summed E-state index contributed by atoms with van der Waals surface area (Å²) in [6.07, 6.45) is -2.31. The van der Waals surface area contributed by atoms with Crippen molar-refractivity contribution in [3.63, 3.8) is 0 Å². The second kappa shape index (κ2) is 10.9. The minimum Gasteiger partial charge on any atom is -0.465 e. The molecule has 0 aliphatic carbocycles. The van der Waals surface area contributed by atoms with Crippen molar-refractivity contribution in [2.24, 2.45) is 0 Å². The van der Waals surface area contributed by atoms with E-state index in [0.29, 0.717) is 40.9 Å². The van der Waals surface area contributed by atoms with Crippen LogP contribution in [-0.2, 0) is 9.53 Å². The maximum absolute atomic E-state index is 13.3. The highest BCUT2D eigenvalue weighted by atomic mass is 19.4. The fraction of sp³-hybridized carbons (Fsp3) is 0.241. The molecule has 0 atom stereocenters. The van der Waals surface area contributed by atoms with Crippen LogP contribution in [0, 0.1) is 5.82 Å². The number of carbonyl (C=O) groups excluding carboxylic acids is 2. The van der Waals surface area contributed by atoms with Gasteiger partial charge in [-0.1, -0.05) is 29.5 Å². The molecule has 0 bridgehead atoms. The predicted octanol–water partition coefficient (Wildman–Crippen LogP) is 5.80. The number of nitrogens with zero attached hydrogens (tertiary/aromatic N) is 4. The molecule has 0 spiro atoms. The number of halogens is 4. The van der Waals surface area contributed by atoms with E-state index in [0.717, 1.165) is 16.0 Å². The normalized spacial score (nSPS) is 14.3. The van der Waals surface area contributed by atoms with Gasteiger partial charge in [0.15, 0.2) is 0 Å². The number of carbonyl (C=O) groups is 2. The van der Waals surface area contributed by atoms with Gasteiger partial charge in [-0.25, -0.2) is 13.9 Å². The number of piperidine rings is 1. The first-order valence-corrected chi connectivity index (χ1v) is 12.5. The first kappa shape index (κ1) is 27.0. The lowest BCUT2D eigenvalue weighted by molar-refractivity contribution is -0.186. The Morgan fingerprint density at radius 3 is 2.17 bits per heavy atom. The van der Waals surface area contributed by atoms with E-state index >= 15 is 0 Å². The molecule has 0 saturated carbocycles. The Labute approximate surface area is 227 Å². The third-order valence-electron chi connectivity index (χ3n) is 6.98.